The number of pyridine rings is 2. The molecule has 1 saturated heterocycles. The normalized spacial score (nSPS) is 17.0. The zero-order valence-corrected chi connectivity index (χ0v) is 24.1. The van der Waals surface area contributed by atoms with Crippen molar-refractivity contribution >= 4 is 11.9 Å². The molecule has 3 heterocycles. The molecule has 0 radical (unpaired) electrons. The monoisotopic (exact) mass is 562 g/mol. The summed E-state index contributed by atoms with van der Waals surface area (Å²) in [6.45, 7) is 9.42. The lowest BCUT2D eigenvalue weighted by molar-refractivity contribution is -0.138. The maximum absolute atomic E-state index is 13.8. The molecule has 0 spiro atoms. The van der Waals surface area contributed by atoms with Crippen molar-refractivity contribution < 1.29 is 19.1 Å². The third kappa shape index (κ3) is 7.67. The van der Waals surface area contributed by atoms with Crippen molar-refractivity contribution in [3.8, 4) is 11.1 Å². The fourth-order valence-corrected chi connectivity index (χ4v) is 5.62. The number of hydrogen-bond donors (Lipinski definition) is 2. The minimum atomic E-state index is -1.07. The number of aromatic nitrogens is 2. The maximum atomic E-state index is 13.8. The van der Waals surface area contributed by atoms with Gasteiger partial charge in [-0.05, 0) is 66.5 Å². The van der Waals surface area contributed by atoms with Crippen LogP contribution in [0.4, 0.5) is 4.39 Å². The second kappa shape index (κ2) is 13.2. The molecule has 1 aliphatic rings. The van der Waals surface area contributed by atoms with Crippen molar-refractivity contribution in [2.45, 2.75) is 71.8 Å². The van der Waals surface area contributed by atoms with Crippen LogP contribution in [0, 0.1) is 19.8 Å². The van der Waals surface area contributed by atoms with Crippen molar-refractivity contribution in [2.75, 3.05) is 13.1 Å². The highest BCUT2D eigenvalue weighted by atomic mass is 19.1. The predicted molar refractivity (Wildman–Crippen MR) is 156 cm³/mol. The zero-order valence-electron chi connectivity index (χ0n) is 24.1. The van der Waals surface area contributed by atoms with E-state index in [2.05, 4.69) is 10.3 Å². The summed E-state index contributed by atoms with van der Waals surface area (Å²) in [6.07, 6.45) is 4.66. The molecular weight excluding hydrogens is 523 g/mol. The van der Waals surface area contributed by atoms with E-state index in [1.807, 2.05) is 56.9 Å². The van der Waals surface area contributed by atoms with Crippen LogP contribution in [-0.2, 0) is 16.1 Å². The summed E-state index contributed by atoms with van der Waals surface area (Å²) in [4.78, 5) is 45.1. The van der Waals surface area contributed by atoms with E-state index in [1.54, 1.807) is 24.7 Å². The van der Waals surface area contributed by atoms with Gasteiger partial charge < -0.3 is 15.0 Å². The van der Waals surface area contributed by atoms with Gasteiger partial charge in [-0.3, -0.25) is 24.3 Å². The van der Waals surface area contributed by atoms with Crippen molar-refractivity contribution in [1.29, 1.82) is 0 Å². The first-order valence-corrected chi connectivity index (χ1v) is 14.1. The van der Waals surface area contributed by atoms with Gasteiger partial charge in [-0.2, -0.15) is 0 Å². The molecule has 1 aliphatic heterocycles. The number of likely N-dealkylation sites (tertiary alicyclic amines) is 1. The van der Waals surface area contributed by atoms with E-state index in [0.717, 1.165) is 27.8 Å². The number of carbonyl (C=O) groups excluding carboxylic acids is 1. The Balaban J connectivity index is 1.64. The van der Waals surface area contributed by atoms with Gasteiger partial charge in [0.1, 0.15) is 12.2 Å². The average Bonchev–Trinajstić information content (AvgIpc) is 3.32. The molecule has 2 N–H and O–H groups in total. The molecule has 3 aromatic rings. The number of rotatable bonds is 11. The largest absolute Gasteiger partial charge is 0.481 e. The number of alkyl halides is 1. The van der Waals surface area contributed by atoms with E-state index in [4.69, 9.17) is 0 Å². The minimum absolute atomic E-state index is 0.0825. The molecule has 41 heavy (non-hydrogen) atoms. The van der Waals surface area contributed by atoms with Gasteiger partial charge in [0, 0.05) is 49.9 Å². The highest BCUT2D eigenvalue weighted by Gasteiger charge is 2.28. The SMILES string of the molecule is Cc1cccc(C)c1-c1cncc([C@H](CC(=O)O)NC(=O)[C@H](CC(C)C)n2cc(CN3CC[C@@H](F)C3)ccc2=O)c1. The molecular formula is C32H39FN4O4. The summed E-state index contributed by atoms with van der Waals surface area (Å²) in [7, 11) is 0. The fraction of sp³-hybridized carbons (Fsp3) is 0.438. The van der Waals surface area contributed by atoms with E-state index in [0.29, 0.717) is 38.0 Å². The lowest BCUT2D eigenvalue weighted by Crippen LogP contribution is -2.40. The van der Waals surface area contributed by atoms with Gasteiger partial charge >= 0.3 is 5.97 Å². The van der Waals surface area contributed by atoms with Crippen molar-refractivity contribution in [2.24, 2.45) is 5.92 Å². The van der Waals surface area contributed by atoms with Crippen LogP contribution in [-0.4, -0.2) is 50.7 Å². The number of carbonyl (C=O) groups is 2. The minimum Gasteiger partial charge on any atom is -0.481 e. The first-order chi connectivity index (χ1) is 19.5. The van der Waals surface area contributed by atoms with Crippen LogP contribution in [0.5, 0.6) is 0 Å². The zero-order chi connectivity index (χ0) is 29.7. The fourth-order valence-electron chi connectivity index (χ4n) is 5.62. The number of nitrogens with zero attached hydrogens (tertiary/aromatic N) is 3. The Kier molecular flexibility index (Phi) is 9.70. The molecule has 2 aromatic heterocycles. The quantitative estimate of drug-likeness (QED) is 0.341. The van der Waals surface area contributed by atoms with Crippen molar-refractivity contribution in [3.63, 3.8) is 0 Å². The number of benzene rings is 1. The number of aryl methyl sites for hydroxylation is 2. The second-order valence-electron chi connectivity index (χ2n) is 11.5. The smallest absolute Gasteiger partial charge is 0.305 e. The van der Waals surface area contributed by atoms with Gasteiger partial charge in [-0.15, -0.1) is 0 Å². The summed E-state index contributed by atoms with van der Waals surface area (Å²) >= 11 is 0. The Bertz CT molecular complexity index is 1430. The number of aliphatic carboxylic acids is 1. The molecule has 1 aromatic carbocycles. The van der Waals surface area contributed by atoms with Gasteiger partial charge in [0.15, 0.2) is 0 Å². The highest BCUT2D eigenvalue weighted by molar-refractivity contribution is 5.82. The molecule has 3 atom stereocenters. The Morgan fingerprint density at radius 3 is 2.51 bits per heavy atom. The maximum Gasteiger partial charge on any atom is 0.305 e. The Hall–Kier alpha value is -3.85. The summed E-state index contributed by atoms with van der Waals surface area (Å²) < 4.78 is 15.1. The molecule has 0 unspecified atom stereocenters. The number of hydrogen-bond acceptors (Lipinski definition) is 5. The van der Waals surface area contributed by atoms with E-state index >= 15 is 0 Å². The molecule has 0 bridgehead atoms. The molecule has 8 nitrogen and oxygen atoms in total. The van der Waals surface area contributed by atoms with E-state index < -0.39 is 30.1 Å². The van der Waals surface area contributed by atoms with Crippen LogP contribution < -0.4 is 10.9 Å². The van der Waals surface area contributed by atoms with Gasteiger partial charge in [0.25, 0.3) is 5.56 Å². The van der Waals surface area contributed by atoms with Gasteiger partial charge in [-0.1, -0.05) is 38.1 Å². The third-order valence-electron chi connectivity index (χ3n) is 7.58. The molecule has 1 amide bonds. The highest BCUT2D eigenvalue weighted by Crippen LogP contribution is 2.30. The van der Waals surface area contributed by atoms with Crippen LogP contribution in [0.3, 0.4) is 0 Å². The average molecular weight is 563 g/mol. The number of carboxylic acid groups (broad SMARTS) is 1. The lowest BCUT2D eigenvalue weighted by atomic mass is 9.94. The first kappa shape index (κ1) is 30.1. The summed E-state index contributed by atoms with van der Waals surface area (Å²) in [5.41, 5.74) is 5.04. The predicted octanol–water partition coefficient (Wildman–Crippen LogP) is 4.99. The van der Waals surface area contributed by atoms with E-state index in [1.165, 1.54) is 10.6 Å². The number of halogens is 1. The van der Waals surface area contributed by atoms with Crippen molar-refractivity contribution in [3.05, 3.63) is 87.6 Å². The molecule has 1 fully saturated rings. The van der Waals surface area contributed by atoms with E-state index in [9.17, 15) is 23.9 Å². The van der Waals surface area contributed by atoms with Gasteiger partial charge in [0.2, 0.25) is 5.91 Å². The summed E-state index contributed by atoms with van der Waals surface area (Å²) in [5.74, 6) is -1.42. The van der Waals surface area contributed by atoms with Gasteiger partial charge in [-0.25, -0.2) is 4.39 Å². The van der Waals surface area contributed by atoms with E-state index in [-0.39, 0.29) is 17.9 Å². The lowest BCUT2D eigenvalue weighted by Gasteiger charge is -2.26. The molecule has 0 saturated carbocycles. The Morgan fingerprint density at radius 1 is 1.15 bits per heavy atom. The molecule has 4 rings (SSSR count). The summed E-state index contributed by atoms with van der Waals surface area (Å²) in [5, 5.41) is 12.6. The van der Waals surface area contributed by atoms with Crippen LogP contribution in [0.2, 0.25) is 0 Å². The standard InChI is InChI=1S/C32H39FN4O4/c1-20(2)12-28(37-18-23(8-9-29(37)38)17-36-11-10-26(33)19-36)32(41)35-27(14-30(39)40)24-13-25(16-34-15-24)31-21(3)6-5-7-22(31)4/h5-9,13,15-16,18,20,26-28H,10-12,14,17,19H2,1-4H3,(H,35,41)(H,39,40)/t26-,27+,28+/m1/s1. The van der Waals surface area contributed by atoms with Crippen LogP contribution >= 0.6 is 0 Å². The third-order valence-corrected chi connectivity index (χ3v) is 7.58. The topological polar surface area (TPSA) is 105 Å². The Labute approximate surface area is 240 Å². The Morgan fingerprint density at radius 2 is 1.88 bits per heavy atom. The van der Waals surface area contributed by atoms with Gasteiger partial charge in [0.05, 0.1) is 12.5 Å². The molecule has 9 heteroatoms. The van der Waals surface area contributed by atoms with Crippen LogP contribution in [0.25, 0.3) is 11.1 Å². The second-order valence-corrected chi connectivity index (χ2v) is 11.5. The van der Waals surface area contributed by atoms with Crippen LogP contribution in [0.1, 0.15) is 67.4 Å². The van der Waals surface area contributed by atoms with Crippen molar-refractivity contribution in [1.82, 2.24) is 19.8 Å². The summed E-state index contributed by atoms with van der Waals surface area (Å²) in [6, 6.07) is 9.32. The molecule has 0 aliphatic carbocycles. The number of nitrogens with one attached hydrogen (secondary N) is 1. The number of amides is 1. The van der Waals surface area contributed by atoms with Crippen LogP contribution in [0.15, 0.2) is 59.8 Å². The first-order valence-electron chi connectivity index (χ1n) is 14.1. The molecule has 218 valence electrons. The number of carboxylic acids is 1.